The van der Waals surface area contributed by atoms with E-state index in [4.69, 9.17) is 4.74 Å². The highest BCUT2D eigenvalue weighted by atomic mass is 19.4. The third kappa shape index (κ3) is 3.56. The fourth-order valence-electron chi connectivity index (χ4n) is 1.60. The van der Waals surface area contributed by atoms with E-state index in [1.54, 1.807) is 6.92 Å². The Kier molecular flexibility index (Phi) is 4.88. The first kappa shape index (κ1) is 16.2. The molecule has 112 valence electrons. The molecule has 20 heavy (non-hydrogen) atoms. The lowest BCUT2D eigenvalue weighted by Crippen LogP contribution is -2.34. The van der Waals surface area contributed by atoms with Gasteiger partial charge >= 0.3 is 6.18 Å². The van der Waals surface area contributed by atoms with Crippen molar-refractivity contribution in [3.05, 3.63) is 27.9 Å². The monoisotopic (exact) mass is 293 g/mol. The molecule has 0 unspecified atom stereocenters. The van der Waals surface area contributed by atoms with Gasteiger partial charge in [0.15, 0.2) is 0 Å². The summed E-state index contributed by atoms with van der Waals surface area (Å²) in [6, 6.07) is 0.119. The highest BCUT2D eigenvalue weighted by Gasteiger charge is 2.37. The van der Waals surface area contributed by atoms with Crippen molar-refractivity contribution in [2.45, 2.75) is 19.1 Å². The summed E-state index contributed by atoms with van der Waals surface area (Å²) < 4.78 is 43.8. The van der Waals surface area contributed by atoms with Gasteiger partial charge in [0.2, 0.25) is 0 Å². The van der Waals surface area contributed by atoms with E-state index in [0.717, 1.165) is 6.20 Å². The second-order valence-electron chi connectivity index (χ2n) is 4.23. The Hall–Kier alpha value is -1.90. The SMILES string of the molecule is COC[C@@H](C)N(C)c1ncc([N+](=O)[O-])cc1C(F)(F)F. The number of pyridine rings is 1. The third-order valence-electron chi connectivity index (χ3n) is 2.77. The van der Waals surface area contributed by atoms with Gasteiger partial charge in [0, 0.05) is 20.2 Å². The van der Waals surface area contributed by atoms with Crippen molar-refractivity contribution in [1.82, 2.24) is 4.98 Å². The first-order chi connectivity index (χ1) is 9.18. The Morgan fingerprint density at radius 3 is 2.60 bits per heavy atom. The molecule has 9 heteroatoms. The molecule has 0 aliphatic rings. The zero-order valence-corrected chi connectivity index (χ0v) is 11.1. The first-order valence-corrected chi connectivity index (χ1v) is 5.62. The van der Waals surface area contributed by atoms with Crippen LogP contribution in [0.2, 0.25) is 0 Å². The van der Waals surface area contributed by atoms with Crippen LogP contribution >= 0.6 is 0 Å². The highest BCUT2D eigenvalue weighted by Crippen LogP contribution is 2.37. The molecule has 0 fully saturated rings. The van der Waals surface area contributed by atoms with Crippen LogP contribution in [0.3, 0.4) is 0 Å². The first-order valence-electron chi connectivity index (χ1n) is 5.62. The van der Waals surface area contributed by atoms with Crippen molar-refractivity contribution in [3.8, 4) is 0 Å². The maximum absolute atomic E-state index is 13.0. The van der Waals surface area contributed by atoms with Crippen molar-refractivity contribution in [1.29, 1.82) is 0 Å². The number of methoxy groups -OCH3 is 1. The van der Waals surface area contributed by atoms with E-state index in [-0.39, 0.29) is 18.5 Å². The summed E-state index contributed by atoms with van der Waals surface area (Å²) in [5.74, 6) is -0.368. The van der Waals surface area contributed by atoms with E-state index in [0.29, 0.717) is 6.07 Å². The average Bonchev–Trinajstić information content (AvgIpc) is 2.36. The van der Waals surface area contributed by atoms with Gasteiger partial charge in [-0.15, -0.1) is 0 Å². The number of hydrogen-bond donors (Lipinski definition) is 0. The summed E-state index contributed by atoms with van der Waals surface area (Å²) in [6.07, 6.45) is -3.92. The minimum absolute atomic E-state index is 0.201. The molecule has 0 aromatic carbocycles. The van der Waals surface area contributed by atoms with Gasteiger partial charge in [-0.3, -0.25) is 10.1 Å². The van der Waals surface area contributed by atoms with Gasteiger partial charge in [0.25, 0.3) is 5.69 Å². The molecular weight excluding hydrogens is 279 g/mol. The maximum Gasteiger partial charge on any atom is 0.420 e. The Labute approximate surface area is 113 Å². The molecule has 0 N–H and O–H groups in total. The van der Waals surface area contributed by atoms with Crippen LogP contribution in [-0.2, 0) is 10.9 Å². The van der Waals surface area contributed by atoms with Crippen molar-refractivity contribution in [2.75, 3.05) is 25.7 Å². The molecule has 0 radical (unpaired) electrons. The molecule has 0 saturated heterocycles. The number of halogens is 3. The molecule has 6 nitrogen and oxygen atoms in total. The third-order valence-corrected chi connectivity index (χ3v) is 2.77. The molecule has 1 atom stereocenters. The van der Waals surface area contributed by atoms with Crippen LogP contribution in [0.25, 0.3) is 0 Å². The van der Waals surface area contributed by atoms with Gasteiger partial charge in [-0.1, -0.05) is 0 Å². The van der Waals surface area contributed by atoms with E-state index >= 15 is 0 Å². The topological polar surface area (TPSA) is 68.5 Å². The number of likely N-dealkylation sites (N-methyl/N-ethyl adjacent to an activating group) is 1. The van der Waals surface area contributed by atoms with Crippen molar-refractivity contribution in [2.24, 2.45) is 0 Å². The minimum Gasteiger partial charge on any atom is -0.383 e. The molecule has 1 rings (SSSR count). The number of rotatable bonds is 5. The smallest absolute Gasteiger partial charge is 0.383 e. The summed E-state index contributed by atoms with van der Waals surface area (Å²) in [5.41, 5.74) is -1.84. The fourth-order valence-corrected chi connectivity index (χ4v) is 1.60. The Morgan fingerprint density at radius 2 is 2.15 bits per heavy atom. The van der Waals surface area contributed by atoms with E-state index in [9.17, 15) is 23.3 Å². The summed E-state index contributed by atoms with van der Waals surface area (Å²) >= 11 is 0. The lowest BCUT2D eigenvalue weighted by atomic mass is 10.2. The van der Waals surface area contributed by atoms with Crippen LogP contribution in [0.4, 0.5) is 24.7 Å². The van der Waals surface area contributed by atoms with Gasteiger partial charge in [0.1, 0.15) is 17.6 Å². The maximum atomic E-state index is 13.0. The number of nitro groups is 1. The summed E-state index contributed by atoms with van der Waals surface area (Å²) in [4.78, 5) is 14.5. The number of aromatic nitrogens is 1. The molecule has 0 bridgehead atoms. The Bertz CT molecular complexity index is 494. The lowest BCUT2D eigenvalue weighted by Gasteiger charge is -2.27. The van der Waals surface area contributed by atoms with Gasteiger partial charge in [-0.25, -0.2) is 4.98 Å². The van der Waals surface area contributed by atoms with Crippen molar-refractivity contribution < 1.29 is 22.8 Å². The Morgan fingerprint density at radius 1 is 1.55 bits per heavy atom. The number of alkyl halides is 3. The number of hydrogen-bond acceptors (Lipinski definition) is 5. The van der Waals surface area contributed by atoms with Gasteiger partial charge in [-0.2, -0.15) is 13.2 Å². The molecule has 1 aromatic heterocycles. The van der Waals surface area contributed by atoms with Crippen LogP contribution in [-0.4, -0.2) is 36.7 Å². The molecule has 1 heterocycles. The average molecular weight is 293 g/mol. The number of nitrogens with zero attached hydrogens (tertiary/aromatic N) is 3. The minimum atomic E-state index is -4.73. The molecule has 0 amide bonds. The van der Waals surface area contributed by atoms with Gasteiger partial charge in [0.05, 0.1) is 17.6 Å². The summed E-state index contributed by atoms with van der Waals surface area (Å²) in [5, 5.41) is 10.6. The fraction of sp³-hybridized carbons (Fsp3) is 0.545. The quantitative estimate of drug-likeness (QED) is 0.616. The molecule has 0 aliphatic carbocycles. The van der Waals surface area contributed by atoms with Crippen LogP contribution in [0.15, 0.2) is 12.3 Å². The van der Waals surface area contributed by atoms with Gasteiger partial charge < -0.3 is 9.64 Å². The number of anilines is 1. The van der Waals surface area contributed by atoms with Crippen LogP contribution in [0.5, 0.6) is 0 Å². The second kappa shape index (κ2) is 6.04. The van der Waals surface area contributed by atoms with Crippen LogP contribution < -0.4 is 4.90 Å². The number of ether oxygens (including phenoxy) is 1. The molecule has 1 aromatic rings. The van der Waals surface area contributed by atoms with E-state index in [1.165, 1.54) is 19.1 Å². The Balaban J connectivity index is 3.28. The second-order valence-corrected chi connectivity index (χ2v) is 4.23. The normalized spacial score (nSPS) is 13.1. The zero-order chi connectivity index (χ0) is 15.5. The van der Waals surface area contributed by atoms with Crippen LogP contribution in [0, 0.1) is 10.1 Å². The van der Waals surface area contributed by atoms with Crippen molar-refractivity contribution >= 4 is 11.5 Å². The van der Waals surface area contributed by atoms with Gasteiger partial charge in [-0.05, 0) is 6.92 Å². The summed E-state index contributed by atoms with van der Waals surface area (Å²) in [6.45, 7) is 1.86. The van der Waals surface area contributed by atoms with E-state index in [2.05, 4.69) is 4.98 Å². The van der Waals surface area contributed by atoms with Crippen LogP contribution in [0.1, 0.15) is 12.5 Å². The highest BCUT2D eigenvalue weighted by molar-refractivity contribution is 5.52. The van der Waals surface area contributed by atoms with Crippen molar-refractivity contribution in [3.63, 3.8) is 0 Å². The molecule has 0 aliphatic heterocycles. The lowest BCUT2D eigenvalue weighted by molar-refractivity contribution is -0.385. The van der Waals surface area contributed by atoms with E-state index < -0.39 is 22.4 Å². The molecule has 0 spiro atoms. The zero-order valence-electron chi connectivity index (χ0n) is 11.1. The predicted octanol–water partition coefficient (Wildman–Crippen LogP) is 2.48. The molecular formula is C11H14F3N3O3. The molecule has 0 saturated carbocycles. The largest absolute Gasteiger partial charge is 0.420 e. The predicted molar refractivity (Wildman–Crippen MR) is 65.6 cm³/mol. The van der Waals surface area contributed by atoms with E-state index in [1.807, 2.05) is 0 Å². The standard InChI is InChI=1S/C11H14F3N3O3/c1-7(6-20-3)16(2)10-9(11(12,13)14)4-8(5-15-10)17(18)19/h4-5,7H,6H2,1-3H3/t7-/m1/s1. The summed E-state index contributed by atoms with van der Waals surface area (Å²) in [7, 11) is 2.85.